The number of aromatic amines is 2. The van der Waals surface area contributed by atoms with Crippen LogP contribution in [-0.2, 0) is 6.54 Å². The minimum atomic E-state index is -0.875. The van der Waals surface area contributed by atoms with Gasteiger partial charge in [-0.05, 0) is 5.56 Å². The molecule has 11 nitrogen and oxygen atoms in total. The Morgan fingerprint density at radius 1 is 1.04 bits per heavy atom. The van der Waals surface area contributed by atoms with Gasteiger partial charge in [-0.15, -0.1) is 10.2 Å². The molecule has 0 fully saturated rings. The summed E-state index contributed by atoms with van der Waals surface area (Å²) >= 11 is 0. The highest BCUT2D eigenvalue weighted by atomic mass is 16.3. The van der Waals surface area contributed by atoms with Crippen LogP contribution in [-0.4, -0.2) is 34.6 Å². The lowest BCUT2D eigenvalue weighted by molar-refractivity contribution is 0.450. The van der Waals surface area contributed by atoms with Gasteiger partial charge in [-0.3, -0.25) is 14.8 Å². The van der Waals surface area contributed by atoms with Gasteiger partial charge in [-0.1, -0.05) is 30.3 Å². The van der Waals surface area contributed by atoms with E-state index in [1.807, 2.05) is 44.9 Å². The molecule has 0 saturated heterocycles. The van der Waals surface area contributed by atoms with Crippen LogP contribution in [0.4, 0.5) is 11.5 Å². The van der Waals surface area contributed by atoms with Gasteiger partial charge in [0.15, 0.2) is 11.2 Å². The molecule has 4 rings (SSSR count). The van der Waals surface area contributed by atoms with Crippen LogP contribution in [0.5, 0.6) is 5.88 Å². The van der Waals surface area contributed by atoms with Crippen molar-refractivity contribution in [2.75, 3.05) is 0 Å². The SMILES string of the molecule is O=c1[nH]c(O)c(N=Nc2ncnc3c2ncn3Cc2ccccc2)c(=O)[nH]1. The van der Waals surface area contributed by atoms with Gasteiger partial charge in [-0.2, -0.15) is 0 Å². The Morgan fingerprint density at radius 3 is 2.63 bits per heavy atom. The Labute approximate surface area is 150 Å². The molecule has 3 aromatic heterocycles. The van der Waals surface area contributed by atoms with Crippen LogP contribution in [0.15, 0.2) is 62.8 Å². The van der Waals surface area contributed by atoms with E-state index < -0.39 is 22.8 Å². The lowest BCUT2D eigenvalue weighted by atomic mass is 10.2. The fourth-order valence-corrected chi connectivity index (χ4v) is 2.50. The lowest BCUT2D eigenvalue weighted by Gasteiger charge is -2.03. The highest BCUT2D eigenvalue weighted by molar-refractivity contribution is 5.80. The number of imidazole rings is 1. The summed E-state index contributed by atoms with van der Waals surface area (Å²) in [6, 6.07) is 9.79. The number of azo groups is 1. The zero-order valence-corrected chi connectivity index (χ0v) is 13.7. The minimum absolute atomic E-state index is 0.122. The number of hydrogen-bond acceptors (Lipinski definition) is 8. The van der Waals surface area contributed by atoms with E-state index in [-0.39, 0.29) is 5.82 Å². The molecule has 0 saturated carbocycles. The van der Waals surface area contributed by atoms with Crippen molar-refractivity contribution in [2.45, 2.75) is 6.54 Å². The van der Waals surface area contributed by atoms with Crippen LogP contribution in [0.2, 0.25) is 0 Å². The van der Waals surface area contributed by atoms with E-state index in [4.69, 9.17) is 0 Å². The number of aromatic nitrogens is 6. The molecule has 134 valence electrons. The average molecular weight is 364 g/mol. The summed E-state index contributed by atoms with van der Waals surface area (Å²) in [6.07, 6.45) is 2.91. The van der Waals surface area contributed by atoms with Crippen molar-refractivity contribution in [3.05, 3.63) is 69.4 Å². The van der Waals surface area contributed by atoms with Crippen LogP contribution in [0.25, 0.3) is 11.2 Å². The molecule has 11 heteroatoms. The molecule has 27 heavy (non-hydrogen) atoms. The molecule has 0 radical (unpaired) electrons. The van der Waals surface area contributed by atoms with Gasteiger partial charge >= 0.3 is 5.69 Å². The molecule has 0 unspecified atom stereocenters. The molecule has 0 aliphatic carbocycles. The number of H-pyrrole nitrogens is 2. The molecule has 0 aliphatic heterocycles. The average Bonchev–Trinajstić information content (AvgIpc) is 3.05. The summed E-state index contributed by atoms with van der Waals surface area (Å²) < 4.78 is 1.83. The first-order chi connectivity index (χ1) is 13.1. The maximum absolute atomic E-state index is 11.7. The monoisotopic (exact) mass is 364 g/mol. The van der Waals surface area contributed by atoms with Gasteiger partial charge in [0, 0.05) is 0 Å². The first-order valence-electron chi connectivity index (χ1n) is 7.79. The van der Waals surface area contributed by atoms with Crippen molar-refractivity contribution in [1.29, 1.82) is 0 Å². The second-order valence-corrected chi connectivity index (χ2v) is 5.53. The summed E-state index contributed by atoms with van der Waals surface area (Å²) in [5.74, 6) is -0.566. The van der Waals surface area contributed by atoms with Gasteiger partial charge in [-0.25, -0.2) is 19.7 Å². The molecule has 3 heterocycles. The summed E-state index contributed by atoms with van der Waals surface area (Å²) in [5.41, 5.74) is -0.159. The quantitative estimate of drug-likeness (QED) is 0.465. The first kappa shape index (κ1) is 16.3. The third-order valence-corrected chi connectivity index (χ3v) is 3.72. The van der Waals surface area contributed by atoms with E-state index in [1.54, 1.807) is 6.33 Å². The van der Waals surface area contributed by atoms with Crippen molar-refractivity contribution in [3.8, 4) is 5.88 Å². The normalized spacial score (nSPS) is 11.4. The number of rotatable bonds is 4. The molecule has 0 spiro atoms. The lowest BCUT2D eigenvalue weighted by Crippen LogP contribution is -2.20. The fraction of sp³-hybridized carbons (Fsp3) is 0.0625. The Balaban J connectivity index is 1.72. The van der Waals surface area contributed by atoms with E-state index in [2.05, 4.69) is 25.2 Å². The Bertz CT molecular complexity index is 1260. The smallest absolute Gasteiger partial charge is 0.328 e. The van der Waals surface area contributed by atoms with Crippen molar-refractivity contribution in [1.82, 2.24) is 29.5 Å². The van der Waals surface area contributed by atoms with Gasteiger partial charge < -0.3 is 9.67 Å². The summed E-state index contributed by atoms with van der Waals surface area (Å²) in [6.45, 7) is 0.561. The number of benzene rings is 1. The molecule has 0 amide bonds. The standard InChI is InChI=1S/C16H12N8O3/c25-14-11(15(26)21-16(27)20-14)22-23-12-10-13(18-7-17-12)24(8-19-10)6-9-4-2-1-3-5-9/h1-5,7-8H,6H2,(H3,20,21,25,26,27). The molecule has 0 aliphatic rings. The zero-order valence-electron chi connectivity index (χ0n) is 13.7. The highest BCUT2D eigenvalue weighted by Gasteiger charge is 2.12. The fourth-order valence-electron chi connectivity index (χ4n) is 2.50. The third-order valence-electron chi connectivity index (χ3n) is 3.72. The number of nitrogens with zero attached hydrogens (tertiary/aromatic N) is 6. The van der Waals surface area contributed by atoms with Crippen molar-refractivity contribution in [3.63, 3.8) is 0 Å². The second kappa shape index (κ2) is 6.63. The Hall–Kier alpha value is -4.15. The summed E-state index contributed by atoms with van der Waals surface area (Å²) in [7, 11) is 0. The van der Waals surface area contributed by atoms with Crippen molar-refractivity contribution >= 4 is 22.7 Å². The topological polar surface area (TPSA) is 154 Å². The van der Waals surface area contributed by atoms with Gasteiger partial charge in [0.1, 0.15) is 6.33 Å². The molecular weight excluding hydrogens is 352 g/mol. The molecule has 0 atom stereocenters. The van der Waals surface area contributed by atoms with E-state index in [0.717, 1.165) is 5.56 Å². The maximum Gasteiger partial charge on any atom is 0.328 e. The zero-order chi connectivity index (χ0) is 18.8. The van der Waals surface area contributed by atoms with E-state index in [0.29, 0.717) is 17.7 Å². The minimum Gasteiger partial charge on any atom is -0.493 e. The first-order valence-corrected chi connectivity index (χ1v) is 7.79. The van der Waals surface area contributed by atoms with Crippen LogP contribution in [0.1, 0.15) is 5.56 Å². The van der Waals surface area contributed by atoms with Crippen molar-refractivity contribution in [2.24, 2.45) is 10.2 Å². The maximum atomic E-state index is 11.7. The van der Waals surface area contributed by atoms with Crippen LogP contribution >= 0.6 is 0 Å². The molecule has 4 aromatic rings. The molecule has 0 bridgehead atoms. The van der Waals surface area contributed by atoms with Crippen molar-refractivity contribution < 1.29 is 5.11 Å². The molecule has 3 N–H and O–H groups in total. The van der Waals surface area contributed by atoms with Gasteiger partial charge in [0.05, 0.1) is 12.9 Å². The Morgan fingerprint density at radius 2 is 1.85 bits per heavy atom. The predicted octanol–water partition coefficient (Wildman–Crippen LogP) is 1.37. The largest absolute Gasteiger partial charge is 0.493 e. The highest BCUT2D eigenvalue weighted by Crippen LogP contribution is 2.24. The van der Waals surface area contributed by atoms with Crippen LogP contribution < -0.4 is 11.2 Å². The summed E-state index contributed by atoms with van der Waals surface area (Å²) in [4.78, 5) is 39.3. The molecule has 1 aromatic carbocycles. The number of fused-ring (bicyclic) bond motifs is 1. The third kappa shape index (κ3) is 3.20. The van der Waals surface area contributed by atoms with Crippen LogP contribution in [0, 0.1) is 0 Å². The van der Waals surface area contributed by atoms with Gasteiger partial charge in [0.25, 0.3) is 5.56 Å². The molecular formula is C16H12N8O3. The number of aromatic hydroxyl groups is 1. The Kier molecular flexibility index (Phi) is 4.01. The van der Waals surface area contributed by atoms with Crippen LogP contribution in [0.3, 0.4) is 0 Å². The summed E-state index contributed by atoms with van der Waals surface area (Å²) in [5, 5.41) is 17.2. The number of hydrogen-bond donors (Lipinski definition) is 3. The van der Waals surface area contributed by atoms with E-state index in [9.17, 15) is 14.7 Å². The predicted molar refractivity (Wildman–Crippen MR) is 94.4 cm³/mol. The van der Waals surface area contributed by atoms with Gasteiger partial charge in [0.2, 0.25) is 17.4 Å². The number of nitrogens with one attached hydrogen (secondary N) is 2. The van der Waals surface area contributed by atoms with E-state index >= 15 is 0 Å². The second-order valence-electron chi connectivity index (χ2n) is 5.53. The van der Waals surface area contributed by atoms with E-state index in [1.165, 1.54) is 6.33 Å².